The lowest BCUT2D eigenvalue weighted by Gasteiger charge is -2.37. The Kier molecular flexibility index (Phi) is 7.77. The molecular formula is C23H28O5. The Morgan fingerprint density at radius 2 is 1.39 bits per heavy atom. The molecule has 150 valence electrons. The van der Waals surface area contributed by atoms with E-state index in [-0.39, 0.29) is 6.61 Å². The van der Waals surface area contributed by atoms with E-state index in [1.54, 1.807) is 0 Å². The highest BCUT2D eigenvalue weighted by atomic mass is 16.5. The highest BCUT2D eigenvalue weighted by Gasteiger charge is 2.39. The smallest absolute Gasteiger partial charge is 0.116 e. The van der Waals surface area contributed by atoms with Gasteiger partial charge in [-0.3, -0.25) is 0 Å². The second-order valence-corrected chi connectivity index (χ2v) is 6.84. The Morgan fingerprint density at radius 1 is 0.786 bits per heavy atom. The van der Waals surface area contributed by atoms with Crippen molar-refractivity contribution in [2.75, 3.05) is 13.2 Å². The van der Waals surface area contributed by atoms with Gasteiger partial charge in [-0.05, 0) is 29.7 Å². The summed E-state index contributed by atoms with van der Waals surface area (Å²) in [6.45, 7) is 3.38. The summed E-state index contributed by atoms with van der Waals surface area (Å²) in [4.78, 5) is 0. The van der Waals surface area contributed by atoms with Crippen molar-refractivity contribution in [2.45, 2.75) is 44.6 Å². The molecule has 0 radical (unpaired) electrons. The predicted octanol–water partition coefficient (Wildman–Crippen LogP) is 2.86. The summed E-state index contributed by atoms with van der Waals surface area (Å²) >= 11 is 0. The zero-order valence-corrected chi connectivity index (χ0v) is 16.1. The SMILES string of the molecule is CCO[C@H]1C=C(COCc2ccccc2)[C@H](O)[C@@H](O)[C@@H]1OCc1ccccc1. The van der Waals surface area contributed by atoms with Crippen LogP contribution in [0.5, 0.6) is 0 Å². The molecule has 0 unspecified atom stereocenters. The molecule has 2 N–H and O–H groups in total. The van der Waals surface area contributed by atoms with Crippen LogP contribution < -0.4 is 0 Å². The minimum Gasteiger partial charge on any atom is -0.387 e. The van der Waals surface area contributed by atoms with Gasteiger partial charge < -0.3 is 24.4 Å². The van der Waals surface area contributed by atoms with Crippen molar-refractivity contribution in [2.24, 2.45) is 0 Å². The fourth-order valence-electron chi connectivity index (χ4n) is 3.29. The van der Waals surface area contributed by atoms with E-state index in [2.05, 4.69) is 0 Å². The average molecular weight is 384 g/mol. The second kappa shape index (κ2) is 10.5. The van der Waals surface area contributed by atoms with Crippen molar-refractivity contribution in [3.05, 3.63) is 83.4 Å². The number of aliphatic hydroxyl groups is 2. The Bertz CT molecular complexity index is 731. The number of ether oxygens (including phenoxy) is 3. The molecular weight excluding hydrogens is 356 g/mol. The Labute approximate surface area is 166 Å². The van der Waals surface area contributed by atoms with Crippen molar-refractivity contribution in [1.29, 1.82) is 0 Å². The zero-order chi connectivity index (χ0) is 19.8. The number of benzene rings is 2. The highest BCUT2D eigenvalue weighted by molar-refractivity contribution is 5.22. The molecule has 1 aliphatic rings. The van der Waals surface area contributed by atoms with Crippen molar-refractivity contribution >= 4 is 0 Å². The number of hydrogen-bond acceptors (Lipinski definition) is 5. The van der Waals surface area contributed by atoms with Gasteiger partial charge in [-0.1, -0.05) is 60.7 Å². The number of aliphatic hydroxyl groups excluding tert-OH is 2. The summed E-state index contributed by atoms with van der Waals surface area (Å²) in [6.07, 6.45) is -1.40. The van der Waals surface area contributed by atoms with E-state index in [1.165, 1.54) is 0 Å². The summed E-state index contributed by atoms with van der Waals surface area (Å²) in [5.74, 6) is 0. The molecule has 2 aromatic carbocycles. The number of rotatable bonds is 9. The molecule has 5 nitrogen and oxygen atoms in total. The van der Waals surface area contributed by atoms with Crippen molar-refractivity contribution in [1.82, 2.24) is 0 Å². The predicted molar refractivity (Wildman–Crippen MR) is 107 cm³/mol. The third-order valence-electron chi connectivity index (χ3n) is 4.77. The normalized spacial score (nSPS) is 24.8. The van der Waals surface area contributed by atoms with E-state index in [4.69, 9.17) is 14.2 Å². The Balaban J connectivity index is 1.63. The first-order chi connectivity index (χ1) is 13.7. The van der Waals surface area contributed by atoms with Gasteiger partial charge >= 0.3 is 0 Å². The third-order valence-corrected chi connectivity index (χ3v) is 4.77. The van der Waals surface area contributed by atoms with Crippen molar-refractivity contribution in [3.8, 4) is 0 Å². The summed E-state index contributed by atoms with van der Waals surface area (Å²) in [5, 5.41) is 21.2. The van der Waals surface area contributed by atoms with Crippen LogP contribution in [0.1, 0.15) is 18.1 Å². The van der Waals surface area contributed by atoms with Crippen LogP contribution in [-0.4, -0.2) is 47.8 Å². The zero-order valence-electron chi connectivity index (χ0n) is 16.1. The van der Waals surface area contributed by atoms with Crippen LogP contribution in [0.15, 0.2) is 72.3 Å². The van der Waals surface area contributed by atoms with Crippen LogP contribution >= 0.6 is 0 Å². The van der Waals surface area contributed by atoms with Crippen LogP contribution in [0.2, 0.25) is 0 Å². The lowest BCUT2D eigenvalue weighted by molar-refractivity contribution is -0.144. The van der Waals surface area contributed by atoms with Gasteiger partial charge in [0.15, 0.2) is 0 Å². The van der Waals surface area contributed by atoms with Crippen molar-refractivity contribution in [3.63, 3.8) is 0 Å². The Morgan fingerprint density at radius 3 is 2.00 bits per heavy atom. The minimum absolute atomic E-state index is 0.224. The van der Waals surface area contributed by atoms with Gasteiger partial charge in [-0.15, -0.1) is 0 Å². The van der Waals surface area contributed by atoms with Gasteiger partial charge in [0.1, 0.15) is 24.4 Å². The molecule has 0 saturated carbocycles. The molecule has 0 spiro atoms. The molecule has 0 amide bonds. The molecule has 0 aliphatic heterocycles. The largest absolute Gasteiger partial charge is 0.387 e. The van der Waals surface area contributed by atoms with Gasteiger partial charge in [0.05, 0.1) is 19.8 Å². The van der Waals surface area contributed by atoms with E-state index in [0.717, 1.165) is 11.1 Å². The lowest BCUT2D eigenvalue weighted by atomic mass is 9.89. The molecule has 1 aliphatic carbocycles. The van der Waals surface area contributed by atoms with Gasteiger partial charge in [0.25, 0.3) is 0 Å². The fraction of sp³-hybridized carbons (Fsp3) is 0.391. The first kappa shape index (κ1) is 20.7. The average Bonchev–Trinajstić information content (AvgIpc) is 2.73. The van der Waals surface area contributed by atoms with Crippen LogP contribution in [-0.2, 0) is 27.4 Å². The summed E-state index contributed by atoms with van der Waals surface area (Å²) in [5.41, 5.74) is 2.67. The molecule has 0 fully saturated rings. The summed E-state index contributed by atoms with van der Waals surface area (Å²) in [7, 11) is 0. The third kappa shape index (κ3) is 5.50. The molecule has 28 heavy (non-hydrogen) atoms. The van der Waals surface area contributed by atoms with E-state index in [9.17, 15) is 10.2 Å². The molecule has 0 bridgehead atoms. The first-order valence-electron chi connectivity index (χ1n) is 9.64. The van der Waals surface area contributed by atoms with Gasteiger partial charge in [-0.2, -0.15) is 0 Å². The molecule has 0 heterocycles. The molecule has 4 atom stereocenters. The summed E-state index contributed by atoms with van der Waals surface area (Å²) < 4.78 is 17.4. The maximum atomic E-state index is 10.6. The standard InChI is InChI=1S/C23H28O5/c1-2-27-20-13-19(16-26-14-17-9-5-3-6-10-17)21(24)22(25)23(20)28-15-18-11-7-4-8-12-18/h3-13,20-25H,2,14-16H2,1H3/t20-,21-,22+,23+/m0/s1. The van der Waals surface area contributed by atoms with Gasteiger partial charge in [0, 0.05) is 6.61 Å². The maximum Gasteiger partial charge on any atom is 0.116 e. The van der Waals surface area contributed by atoms with E-state index in [1.807, 2.05) is 73.7 Å². The van der Waals surface area contributed by atoms with Gasteiger partial charge in [0.2, 0.25) is 0 Å². The van der Waals surface area contributed by atoms with Crippen LogP contribution in [0.25, 0.3) is 0 Å². The van der Waals surface area contributed by atoms with E-state index in [0.29, 0.717) is 25.4 Å². The highest BCUT2D eigenvalue weighted by Crippen LogP contribution is 2.26. The molecule has 0 aromatic heterocycles. The molecule has 5 heteroatoms. The molecule has 2 aromatic rings. The van der Waals surface area contributed by atoms with Crippen LogP contribution in [0, 0.1) is 0 Å². The Hall–Kier alpha value is -2.02. The molecule has 0 saturated heterocycles. The van der Waals surface area contributed by atoms with Crippen molar-refractivity contribution < 1.29 is 24.4 Å². The fourth-order valence-corrected chi connectivity index (χ4v) is 3.29. The lowest BCUT2D eigenvalue weighted by Crippen LogP contribution is -2.51. The topological polar surface area (TPSA) is 68.2 Å². The van der Waals surface area contributed by atoms with E-state index >= 15 is 0 Å². The minimum atomic E-state index is -1.08. The van der Waals surface area contributed by atoms with Crippen LogP contribution in [0.3, 0.4) is 0 Å². The first-order valence-corrected chi connectivity index (χ1v) is 9.64. The molecule has 3 rings (SSSR count). The van der Waals surface area contributed by atoms with E-state index < -0.39 is 24.4 Å². The summed E-state index contributed by atoms with van der Waals surface area (Å²) in [6, 6.07) is 19.6. The van der Waals surface area contributed by atoms with Crippen LogP contribution in [0.4, 0.5) is 0 Å². The maximum absolute atomic E-state index is 10.6. The number of hydrogen-bond donors (Lipinski definition) is 2. The quantitative estimate of drug-likeness (QED) is 0.651. The monoisotopic (exact) mass is 384 g/mol. The second-order valence-electron chi connectivity index (χ2n) is 6.84. The van der Waals surface area contributed by atoms with Gasteiger partial charge in [-0.25, -0.2) is 0 Å².